The fourth-order valence-electron chi connectivity index (χ4n) is 6.28. The normalized spacial score (nSPS) is 18.2. The molecule has 4 heterocycles. The first kappa shape index (κ1) is 28.8. The van der Waals surface area contributed by atoms with Gasteiger partial charge in [-0.1, -0.05) is 36.9 Å². The zero-order chi connectivity index (χ0) is 31.0. The molecule has 3 saturated heterocycles. The number of anilines is 5. The van der Waals surface area contributed by atoms with Crippen LogP contribution in [0.2, 0.25) is 0 Å². The van der Waals surface area contributed by atoms with Crippen molar-refractivity contribution in [3.63, 3.8) is 0 Å². The van der Waals surface area contributed by atoms with Gasteiger partial charge in [0.1, 0.15) is 23.7 Å². The van der Waals surface area contributed by atoms with E-state index in [2.05, 4.69) is 43.5 Å². The number of amides is 1. The highest BCUT2D eigenvalue weighted by Gasteiger charge is 2.48. The van der Waals surface area contributed by atoms with Gasteiger partial charge in [-0.15, -0.1) is 0 Å². The fraction of sp³-hybridized carbons (Fsp3) is 0.265. The molecule has 0 aliphatic carbocycles. The van der Waals surface area contributed by atoms with Gasteiger partial charge in [-0.05, 0) is 47.0 Å². The molecule has 11 heteroatoms. The number of nitrogens with one attached hydrogen (secondary N) is 3. The van der Waals surface area contributed by atoms with Gasteiger partial charge in [-0.25, -0.2) is 19.4 Å². The maximum atomic E-state index is 13.9. The average molecular weight is 608 g/mol. The number of aromatic nitrogens is 2. The van der Waals surface area contributed by atoms with Gasteiger partial charge in [0.15, 0.2) is 5.82 Å². The number of ether oxygens (including phenoxy) is 1. The molecule has 45 heavy (non-hydrogen) atoms. The minimum absolute atomic E-state index is 0.0958. The van der Waals surface area contributed by atoms with Crippen LogP contribution >= 0.6 is 0 Å². The number of hydrogen-bond acceptors (Lipinski definition) is 9. The lowest BCUT2D eigenvalue weighted by Gasteiger charge is -2.57. The van der Waals surface area contributed by atoms with Gasteiger partial charge in [0.25, 0.3) is 0 Å². The van der Waals surface area contributed by atoms with Crippen molar-refractivity contribution in [1.29, 1.82) is 0 Å². The summed E-state index contributed by atoms with van der Waals surface area (Å²) in [5.41, 5.74) is 5.25. The van der Waals surface area contributed by atoms with Gasteiger partial charge < -0.3 is 25.6 Å². The summed E-state index contributed by atoms with van der Waals surface area (Å²) in [5, 5.41) is 11.5. The summed E-state index contributed by atoms with van der Waals surface area (Å²) < 4.78 is 19.7. The van der Waals surface area contributed by atoms with Crippen LogP contribution in [-0.2, 0) is 9.63 Å². The highest BCUT2D eigenvalue weighted by Crippen LogP contribution is 2.45. The Balaban J connectivity index is 1.15. The Bertz CT molecular complexity index is 1750. The van der Waals surface area contributed by atoms with E-state index in [0.717, 1.165) is 55.0 Å². The Morgan fingerprint density at radius 1 is 1.09 bits per heavy atom. The molecule has 1 aromatic heterocycles. The van der Waals surface area contributed by atoms with Crippen LogP contribution in [0.15, 0.2) is 85.7 Å². The van der Waals surface area contributed by atoms with Gasteiger partial charge in [0, 0.05) is 50.1 Å². The Morgan fingerprint density at radius 2 is 1.89 bits per heavy atom. The molecule has 7 rings (SSSR count). The quantitative estimate of drug-likeness (QED) is 0.214. The average Bonchev–Trinajstić information content (AvgIpc) is 3.51. The number of rotatable bonds is 9. The van der Waals surface area contributed by atoms with E-state index in [9.17, 15) is 9.18 Å². The third kappa shape index (κ3) is 5.67. The van der Waals surface area contributed by atoms with E-state index >= 15 is 0 Å². The predicted octanol–water partition coefficient (Wildman–Crippen LogP) is 5.45. The number of halogens is 1. The SMILES string of the molecule is C=CC(=O)Nc1cc(Nc2cc(N3OCC[C@@H]3c3cccc(-c4cccc(F)c4)c3)ncn2)c(OC)cc1N1CC2(CNC2)C1. The van der Waals surface area contributed by atoms with Crippen molar-refractivity contribution >= 4 is 34.6 Å². The van der Waals surface area contributed by atoms with Crippen molar-refractivity contribution in [2.75, 3.05) is 60.5 Å². The van der Waals surface area contributed by atoms with E-state index in [1.807, 2.05) is 42.5 Å². The molecule has 1 atom stereocenters. The minimum atomic E-state index is -0.295. The summed E-state index contributed by atoms with van der Waals surface area (Å²) in [5.74, 6) is 1.15. The second-order valence-electron chi connectivity index (χ2n) is 11.7. The van der Waals surface area contributed by atoms with Crippen LogP contribution in [0.4, 0.5) is 33.1 Å². The number of methoxy groups -OCH3 is 1. The number of nitrogens with zero attached hydrogens (tertiary/aromatic N) is 4. The maximum absolute atomic E-state index is 13.9. The van der Waals surface area contributed by atoms with E-state index < -0.39 is 0 Å². The van der Waals surface area contributed by atoms with Crippen molar-refractivity contribution in [2.24, 2.45) is 5.41 Å². The molecule has 0 bridgehead atoms. The third-order valence-corrected chi connectivity index (χ3v) is 8.63. The van der Waals surface area contributed by atoms with Crippen molar-refractivity contribution in [2.45, 2.75) is 12.5 Å². The Labute approximate surface area is 260 Å². The number of benzene rings is 3. The standard InChI is InChI=1S/C34H34FN7O3/c1-3-33(43)40-26-14-27(30(44-2)15-29(26)41-19-34(20-41)17-36-18-34)39-31-16-32(38-21-37-31)42-28(10-11-45-42)24-8-4-6-22(12-24)23-7-5-9-25(35)13-23/h3-9,12-16,21,28,36H,1,10-11,17-20H2,2H3,(H,40,43)(H,37,38,39)/t28-/m1/s1. The topological polar surface area (TPSA) is 104 Å². The Kier molecular flexibility index (Phi) is 7.56. The lowest BCUT2D eigenvalue weighted by Crippen LogP contribution is -2.71. The first-order valence-corrected chi connectivity index (χ1v) is 14.9. The second kappa shape index (κ2) is 11.8. The summed E-state index contributed by atoms with van der Waals surface area (Å²) in [7, 11) is 1.62. The number of carbonyl (C=O) groups excluding carboxylic acids is 1. The molecule has 3 aliphatic heterocycles. The van der Waals surface area contributed by atoms with Crippen molar-refractivity contribution < 1.29 is 18.8 Å². The molecule has 4 aromatic rings. The fourth-order valence-corrected chi connectivity index (χ4v) is 6.28. The lowest BCUT2D eigenvalue weighted by molar-refractivity contribution is -0.111. The summed E-state index contributed by atoms with van der Waals surface area (Å²) in [4.78, 5) is 29.6. The van der Waals surface area contributed by atoms with E-state index in [4.69, 9.17) is 9.57 Å². The molecule has 3 aromatic carbocycles. The van der Waals surface area contributed by atoms with E-state index in [1.54, 1.807) is 18.2 Å². The first-order valence-electron chi connectivity index (χ1n) is 14.9. The first-order chi connectivity index (χ1) is 21.9. The monoisotopic (exact) mass is 607 g/mol. The van der Waals surface area contributed by atoms with E-state index in [-0.39, 0.29) is 17.8 Å². The predicted molar refractivity (Wildman–Crippen MR) is 172 cm³/mol. The molecule has 1 amide bonds. The number of carbonyl (C=O) groups is 1. The van der Waals surface area contributed by atoms with E-state index in [1.165, 1.54) is 24.5 Å². The second-order valence-corrected chi connectivity index (χ2v) is 11.7. The molecule has 0 saturated carbocycles. The molecular weight excluding hydrogens is 573 g/mol. The molecule has 0 radical (unpaired) electrons. The van der Waals surface area contributed by atoms with Crippen LogP contribution in [0.25, 0.3) is 11.1 Å². The minimum Gasteiger partial charge on any atom is -0.494 e. The molecule has 0 unspecified atom stereocenters. The molecule has 3 aliphatic rings. The van der Waals surface area contributed by atoms with Crippen LogP contribution in [0.5, 0.6) is 5.75 Å². The van der Waals surface area contributed by atoms with Crippen LogP contribution in [0.3, 0.4) is 0 Å². The summed E-state index contributed by atoms with van der Waals surface area (Å²) in [6, 6.07) is 20.1. The van der Waals surface area contributed by atoms with Crippen molar-refractivity contribution in [3.8, 4) is 16.9 Å². The molecule has 3 N–H and O–H groups in total. The molecule has 1 spiro atoms. The van der Waals surface area contributed by atoms with Crippen LogP contribution in [0.1, 0.15) is 18.0 Å². The summed E-state index contributed by atoms with van der Waals surface area (Å²) in [6.07, 6.45) is 3.49. The van der Waals surface area contributed by atoms with Crippen molar-refractivity contribution in [3.05, 3.63) is 97.1 Å². The zero-order valence-electron chi connectivity index (χ0n) is 24.9. The molecule has 10 nitrogen and oxygen atoms in total. The highest BCUT2D eigenvalue weighted by molar-refractivity contribution is 6.02. The highest BCUT2D eigenvalue weighted by atomic mass is 19.1. The largest absolute Gasteiger partial charge is 0.494 e. The summed E-state index contributed by atoms with van der Waals surface area (Å²) >= 11 is 0. The van der Waals surface area contributed by atoms with Gasteiger partial charge in [-0.3, -0.25) is 9.63 Å². The zero-order valence-corrected chi connectivity index (χ0v) is 24.9. The molecule has 230 valence electrons. The Morgan fingerprint density at radius 3 is 2.62 bits per heavy atom. The smallest absolute Gasteiger partial charge is 0.247 e. The number of hydroxylamine groups is 1. The van der Waals surface area contributed by atoms with Gasteiger partial charge in [0.2, 0.25) is 5.91 Å². The third-order valence-electron chi connectivity index (χ3n) is 8.63. The lowest BCUT2D eigenvalue weighted by atomic mass is 9.74. The van der Waals surface area contributed by atoms with Gasteiger partial charge in [0.05, 0.1) is 36.8 Å². The van der Waals surface area contributed by atoms with E-state index in [0.29, 0.717) is 40.8 Å². The van der Waals surface area contributed by atoms with Crippen molar-refractivity contribution in [1.82, 2.24) is 15.3 Å². The maximum Gasteiger partial charge on any atom is 0.247 e. The summed E-state index contributed by atoms with van der Waals surface area (Å²) in [6.45, 7) is 7.96. The van der Waals surface area contributed by atoms with Crippen LogP contribution < -0.4 is 30.7 Å². The molecule has 3 fully saturated rings. The molecular formula is C34H34FN7O3. The van der Waals surface area contributed by atoms with Crippen LogP contribution in [0, 0.1) is 11.2 Å². The Hall–Kier alpha value is -5.00. The van der Waals surface area contributed by atoms with Crippen LogP contribution in [-0.4, -0.2) is 55.8 Å². The van der Waals surface area contributed by atoms with Gasteiger partial charge >= 0.3 is 0 Å². The number of hydrogen-bond donors (Lipinski definition) is 3. The van der Waals surface area contributed by atoms with Gasteiger partial charge in [-0.2, -0.15) is 0 Å².